The van der Waals surface area contributed by atoms with E-state index in [1.54, 1.807) is 0 Å². The zero-order valence-electron chi connectivity index (χ0n) is 10.5. The second-order valence-electron chi connectivity index (χ2n) is 3.96. The van der Waals surface area contributed by atoms with Gasteiger partial charge in [-0.1, -0.05) is 34.8 Å². The predicted molar refractivity (Wildman–Crippen MR) is 99.2 cm³/mol. The third kappa shape index (κ3) is 6.08. The Labute approximate surface area is 159 Å². The van der Waals surface area contributed by atoms with Gasteiger partial charge < -0.3 is 16.0 Å². The van der Waals surface area contributed by atoms with Gasteiger partial charge in [-0.2, -0.15) is 0 Å². The van der Waals surface area contributed by atoms with Gasteiger partial charge in [-0.25, -0.2) is 0 Å². The number of benzene rings is 1. The van der Waals surface area contributed by atoms with Gasteiger partial charge in [0.25, 0.3) is 0 Å². The zero-order chi connectivity index (χ0) is 16.2. The summed E-state index contributed by atoms with van der Waals surface area (Å²) in [5.74, 6) is 0. The molecule has 1 rings (SSSR count). The van der Waals surface area contributed by atoms with E-state index in [0.29, 0.717) is 12.1 Å². The molecule has 1 aromatic carbocycles. The Bertz CT molecular complexity index is 531. The van der Waals surface area contributed by atoms with Crippen LogP contribution in [-0.2, 0) is 4.79 Å². The van der Waals surface area contributed by atoms with Crippen LogP contribution in [0.3, 0.4) is 0 Å². The average molecular weight is 498 g/mol. The third-order valence-corrected chi connectivity index (χ3v) is 4.39. The minimum atomic E-state index is -1.76. The molecule has 4 nitrogen and oxygen atoms in total. The highest BCUT2D eigenvalue weighted by Gasteiger charge is 2.33. The van der Waals surface area contributed by atoms with E-state index in [9.17, 15) is 4.79 Å². The van der Waals surface area contributed by atoms with Crippen LogP contribution in [0.4, 0.5) is 5.69 Å². The van der Waals surface area contributed by atoms with Crippen molar-refractivity contribution in [3.05, 3.63) is 26.6 Å². The molecular weight excluding hydrogens is 488 g/mol. The maximum atomic E-state index is 10.5. The molecule has 0 spiro atoms. The van der Waals surface area contributed by atoms with Crippen molar-refractivity contribution in [1.82, 2.24) is 10.6 Å². The third-order valence-electron chi connectivity index (χ3n) is 2.26. The van der Waals surface area contributed by atoms with E-state index >= 15 is 0 Å². The molecule has 0 saturated carbocycles. The molecule has 10 heteroatoms. The Hall–Kier alpha value is 0.210. The van der Waals surface area contributed by atoms with Crippen LogP contribution in [-0.4, -0.2) is 21.5 Å². The number of hydrogen-bond donors (Lipinski definition) is 3. The number of amides is 1. The van der Waals surface area contributed by atoms with Gasteiger partial charge in [0.15, 0.2) is 5.11 Å². The highest BCUT2D eigenvalue weighted by atomic mass is 79.9. The summed E-state index contributed by atoms with van der Waals surface area (Å²) in [6, 6.07) is 3.84. The summed E-state index contributed by atoms with van der Waals surface area (Å²) in [5, 5.41) is 8.20. The molecule has 116 valence electrons. The summed E-state index contributed by atoms with van der Waals surface area (Å²) >= 11 is 29.3. The van der Waals surface area contributed by atoms with E-state index in [1.165, 1.54) is 0 Å². The lowest BCUT2D eigenvalue weighted by molar-refractivity contribution is -0.110. The number of carbonyl (C=O) groups is 1. The highest BCUT2D eigenvalue weighted by Crippen LogP contribution is 2.33. The SMILES string of the molecule is Cc1cc(Br)c(NC(=S)NC(NC=O)C(Cl)(Cl)Cl)c(Br)c1. The number of halogens is 5. The molecule has 1 unspecified atom stereocenters. The van der Waals surface area contributed by atoms with Crippen molar-refractivity contribution in [2.45, 2.75) is 16.9 Å². The molecule has 21 heavy (non-hydrogen) atoms. The molecule has 0 aliphatic heterocycles. The van der Waals surface area contributed by atoms with Gasteiger partial charge >= 0.3 is 0 Å². The quantitative estimate of drug-likeness (QED) is 0.252. The number of anilines is 1. The molecule has 0 saturated heterocycles. The summed E-state index contributed by atoms with van der Waals surface area (Å²) in [7, 11) is 0. The first-order valence-electron chi connectivity index (χ1n) is 5.44. The second kappa shape index (κ2) is 8.17. The first-order chi connectivity index (χ1) is 9.65. The fraction of sp³-hybridized carbons (Fsp3) is 0.273. The van der Waals surface area contributed by atoms with Crippen molar-refractivity contribution in [1.29, 1.82) is 0 Å². The molecule has 0 aliphatic carbocycles. The number of aryl methyl sites for hydroxylation is 1. The lowest BCUT2D eigenvalue weighted by Gasteiger charge is -2.26. The molecular formula is C11H10Br2Cl3N3OS. The van der Waals surface area contributed by atoms with Crippen molar-refractivity contribution in [2.75, 3.05) is 5.32 Å². The van der Waals surface area contributed by atoms with Gasteiger partial charge in [0.1, 0.15) is 6.17 Å². The first-order valence-corrected chi connectivity index (χ1v) is 8.57. The molecule has 0 bridgehead atoms. The van der Waals surface area contributed by atoms with Gasteiger partial charge in [-0.05, 0) is 68.7 Å². The molecule has 0 aromatic heterocycles. The van der Waals surface area contributed by atoms with Gasteiger partial charge in [0.05, 0.1) is 5.69 Å². The highest BCUT2D eigenvalue weighted by molar-refractivity contribution is 9.11. The minimum Gasteiger partial charge on any atom is -0.339 e. The van der Waals surface area contributed by atoms with Crippen molar-refractivity contribution in [3.63, 3.8) is 0 Å². The van der Waals surface area contributed by atoms with E-state index in [2.05, 4.69) is 47.8 Å². The Balaban J connectivity index is 2.84. The van der Waals surface area contributed by atoms with Crippen molar-refractivity contribution in [2.24, 2.45) is 0 Å². The minimum absolute atomic E-state index is 0.186. The Morgan fingerprint density at radius 1 is 1.33 bits per heavy atom. The van der Waals surface area contributed by atoms with Crippen LogP contribution in [0.2, 0.25) is 0 Å². The van der Waals surface area contributed by atoms with E-state index in [4.69, 9.17) is 47.0 Å². The maximum absolute atomic E-state index is 10.5. The summed E-state index contributed by atoms with van der Waals surface area (Å²) in [5.41, 5.74) is 1.78. The largest absolute Gasteiger partial charge is 0.339 e. The van der Waals surface area contributed by atoms with Crippen LogP contribution in [0.15, 0.2) is 21.1 Å². The van der Waals surface area contributed by atoms with E-state index in [1.807, 2.05) is 19.1 Å². The fourth-order valence-electron chi connectivity index (χ4n) is 1.39. The van der Waals surface area contributed by atoms with Crippen LogP contribution in [0.5, 0.6) is 0 Å². The molecule has 1 amide bonds. The van der Waals surface area contributed by atoms with Crippen LogP contribution in [0, 0.1) is 6.92 Å². The van der Waals surface area contributed by atoms with E-state index in [0.717, 1.165) is 14.5 Å². The Kier molecular flexibility index (Phi) is 7.49. The van der Waals surface area contributed by atoms with E-state index in [-0.39, 0.29) is 5.11 Å². The standard InChI is InChI=1S/C11H10Br2Cl3N3OS/c1-5-2-6(12)8(7(13)3-5)18-10(21)19-9(17-4-20)11(14,15)16/h2-4,9H,1H3,(H,17,20)(H2,18,19,21). The first kappa shape index (κ1) is 19.3. The Morgan fingerprint density at radius 3 is 2.29 bits per heavy atom. The van der Waals surface area contributed by atoms with Crippen LogP contribution in [0.25, 0.3) is 0 Å². The predicted octanol–water partition coefficient (Wildman–Crippen LogP) is 4.25. The topological polar surface area (TPSA) is 53.2 Å². The van der Waals surface area contributed by atoms with Crippen LogP contribution < -0.4 is 16.0 Å². The zero-order valence-corrected chi connectivity index (χ0v) is 16.8. The van der Waals surface area contributed by atoms with Crippen LogP contribution >= 0.6 is 78.9 Å². The number of nitrogens with one attached hydrogen (secondary N) is 3. The number of rotatable bonds is 4. The number of thiocarbonyl (C=S) groups is 1. The van der Waals surface area contributed by atoms with Gasteiger partial charge in [-0.3, -0.25) is 4.79 Å². The molecule has 0 radical (unpaired) electrons. The summed E-state index contributed by atoms with van der Waals surface area (Å²) in [4.78, 5) is 10.5. The van der Waals surface area contributed by atoms with Crippen LogP contribution in [0.1, 0.15) is 5.56 Å². The number of alkyl halides is 3. The molecule has 0 fully saturated rings. The lowest BCUT2D eigenvalue weighted by Crippen LogP contribution is -2.54. The second-order valence-corrected chi connectivity index (χ2v) is 8.45. The summed E-state index contributed by atoms with van der Waals surface area (Å²) < 4.78 is -0.131. The monoisotopic (exact) mass is 495 g/mol. The van der Waals surface area contributed by atoms with Crippen molar-refractivity contribution < 1.29 is 4.79 Å². The normalized spacial score (nSPS) is 12.5. The molecule has 1 aromatic rings. The lowest BCUT2D eigenvalue weighted by atomic mass is 10.2. The summed E-state index contributed by atoms with van der Waals surface area (Å²) in [6.45, 7) is 1.96. The molecule has 3 N–H and O–H groups in total. The maximum Gasteiger partial charge on any atom is 0.228 e. The van der Waals surface area contributed by atoms with Crippen molar-refractivity contribution >= 4 is 96.1 Å². The smallest absolute Gasteiger partial charge is 0.228 e. The summed E-state index contributed by atoms with van der Waals surface area (Å²) in [6.07, 6.45) is -0.553. The Morgan fingerprint density at radius 2 is 1.86 bits per heavy atom. The number of hydrogen-bond acceptors (Lipinski definition) is 2. The number of carbonyl (C=O) groups excluding carboxylic acids is 1. The average Bonchev–Trinajstić information content (AvgIpc) is 2.32. The molecule has 1 atom stereocenters. The van der Waals surface area contributed by atoms with Gasteiger partial charge in [0, 0.05) is 8.95 Å². The van der Waals surface area contributed by atoms with Crippen molar-refractivity contribution in [3.8, 4) is 0 Å². The van der Waals surface area contributed by atoms with Gasteiger partial charge in [-0.15, -0.1) is 0 Å². The fourth-order valence-corrected chi connectivity index (χ4v) is 3.57. The van der Waals surface area contributed by atoms with Gasteiger partial charge in [0.2, 0.25) is 10.2 Å². The molecule has 0 aliphatic rings. The molecule has 0 heterocycles. The van der Waals surface area contributed by atoms with E-state index < -0.39 is 9.96 Å².